The van der Waals surface area contributed by atoms with Crippen LogP contribution in [0.4, 0.5) is 5.69 Å². The molecule has 0 aliphatic carbocycles. The van der Waals surface area contributed by atoms with Crippen LogP contribution in [-0.2, 0) is 14.6 Å². The van der Waals surface area contributed by atoms with Gasteiger partial charge in [-0.15, -0.1) is 6.58 Å². The van der Waals surface area contributed by atoms with Crippen molar-refractivity contribution in [2.24, 2.45) is 5.73 Å². The standard InChI is InChI=1S/C12H14N2O4S/c1-2-7-19(17,18)8-11(15)14-10-5-3-9(4-6-10)12(13)16/h2-6H,1,7-8H2,(H2,13,16)(H,14,15). The molecule has 0 unspecified atom stereocenters. The molecule has 0 heterocycles. The van der Waals surface area contributed by atoms with Gasteiger partial charge in [0.2, 0.25) is 11.8 Å². The van der Waals surface area contributed by atoms with Crippen LogP contribution in [-0.4, -0.2) is 31.7 Å². The van der Waals surface area contributed by atoms with E-state index in [0.29, 0.717) is 11.3 Å². The lowest BCUT2D eigenvalue weighted by atomic mass is 10.2. The minimum Gasteiger partial charge on any atom is -0.366 e. The zero-order chi connectivity index (χ0) is 14.5. The highest BCUT2D eigenvalue weighted by molar-refractivity contribution is 7.92. The number of carbonyl (C=O) groups excluding carboxylic acids is 2. The third-order valence-electron chi connectivity index (χ3n) is 2.18. The van der Waals surface area contributed by atoms with Crippen LogP contribution in [0, 0.1) is 0 Å². The first kappa shape index (κ1) is 14.9. The Bertz CT molecular complexity index is 591. The van der Waals surface area contributed by atoms with Crippen LogP contribution in [0.3, 0.4) is 0 Å². The molecule has 1 rings (SSSR count). The van der Waals surface area contributed by atoms with E-state index < -0.39 is 27.4 Å². The normalized spacial score (nSPS) is 10.7. The molecule has 0 saturated carbocycles. The van der Waals surface area contributed by atoms with Gasteiger partial charge in [-0.3, -0.25) is 9.59 Å². The number of primary amides is 1. The molecule has 0 aliphatic rings. The van der Waals surface area contributed by atoms with Gasteiger partial charge in [0.15, 0.2) is 9.84 Å². The number of benzene rings is 1. The average Bonchev–Trinajstić information content (AvgIpc) is 2.28. The summed E-state index contributed by atoms with van der Waals surface area (Å²) in [6.45, 7) is 3.31. The summed E-state index contributed by atoms with van der Waals surface area (Å²) in [5.74, 6) is -2.09. The molecule has 0 aliphatic heterocycles. The molecule has 6 nitrogen and oxygen atoms in total. The molecule has 0 radical (unpaired) electrons. The summed E-state index contributed by atoms with van der Waals surface area (Å²) in [6.07, 6.45) is 1.23. The molecule has 0 saturated heterocycles. The zero-order valence-electron chi connectivity index (χ0n) is 10.1. The van der Waals surface area contributed by atoms with Crippen molar-refractivity contribution in [3.05, 3.63) is 42.5 Å². The summed E-state index contributed by atoms with van der Waals surface area (Å²) < 4.78 is 22.8. The molecule has 1 aromatic rings. The first-order valence-electron chi connectivity index (χ1n) is 5.35. The van der Waals surface area contributed by atoms with Crippen molar-refractivity contribution in [3.63, 3.8) is 0 Å². The van der Waals surface area contributed by atoms with Crippen LogP contribution >= 0.6 is 0 Å². The largest absolute Gasteiger partial charge is 0.366 e. The SMILES string of the molecule is C=CCS(=O)(=O)CC(=O)Nc1ccc(C(N)=O)cc1. The minimum atomic E-state index is -3.48. The molecule has 102 valence electrons. The van der Waals surface area contributed by atoms with E-state index in [9.17, 15) is 18.0 Å². The van der Waals surface area contributed by atoms with Crippen LogP contribution in [0.1, 0.15) is 10.4 Å². The fraction of sp³-hybridized carbons (Fsp3) is 0.167. The van der Waals surface area contributed by atoms with Gasteiger partial charge < -0.3 is 11.1 Å². The lowest BCUT2D eigenvalue weighted by Gasteiger charge is -2.05. The molecule has 2 amide bonds. The molecular weight excluding hydrogens is 268 g/mol. The number of nitrogens with two attached hydrogens (primary N) is 1. The fourth-order valence-electron chi connectivity index (χ4n) is 1.35. The van der Waals surface area contributed by atoms with Gasteiger partial charge in [-0.2, -0.15) is 0 Å². The average molecular weight is 282 g/mol. The van der Waals surface area contributed by atoms with Crippen LogP contribution in [0.15, 0.2) is 36.9 Å². The van der Waals surface area contributed by atoms with Crippen molar-refractivity contribution in [3.8, 4) is 0 Å². The number of hydrogen-bond acceptors (Lipinski definition) is 4. The van der Waals surface area contributed by atoms with Gasteiger partial charge in [0.25, 0.3) is 0 Å². The van der Waals surface area contributed by atoms with Crippen molar-refractivity contribution in [1.82, 2.24) is 0 Å². The Labute approximate surface area is 111 Å². The Hall–Kier alpha value is -2.15. The smallest absolute Gasteiger partial charge is 0.248 e. The summed E-state index contributed by atoms with van der Waals surface area (Å²) >= 11 is 0. The van der Waals surface area contributed by atoms with Gasteiger partial charge in [-0.25, -0.2) is 8.42 Å². The number of amides is 2. The number of hydrogen-bond donors (Lipinski definition) is 2. The van der Waals surface area contributed by atoms with Crippen molar-refractivity contribution in [1.29, 1.82) is 0 Å². The Balaban J connectivity index is 2.67. The second-order valence-electron chi connectivity index (χ2n) is 3.83. The molecule has 19 heavy (non-hydrogen) atoms. The van der Waals surface area contributed by atoms with Crippen molar-refractivity contribution < 1.29 is 18.0 Å². The summed E-state index contributed by atoms with van der Waals surface area (Å²) in [6, 6.07) is 5.82. The first-order chi connectivity index (χ1) is 8.84. The maximum atomic E-state index is 11.5. The quantitative estimate of drug-likeness (QED) is 0.733. The van der Waals surface area contributed by atoms with Gasteiger partial charge in [0.05, 0.1) is 5.75 Å². The number of rotatable bonds is 6. The van der Waals surface area contributed by atoms with Crippen LogP contribution < -0.4 is 11.1 Å². The Kier molecular flexibility index (Phi) is 4.82. The minimum absolute atomic E-state index is 0.249. The summed E-state index contributed by atoms with van der Waals surface area (Å²) in [7, 11) is -3.48. The molecule has 7 heteroatoms. The van der Waals surface area contributed by atoms with E-state index in [2.05, 4.69) is 11.9 Å². The van der Waals surface area contributed by atoms with Crippen molar-refractivity contribution >= 4 is 27.3 Å². The van der Waals surface area contributed by atoms with E-state index in [4.69, 9.17) is 5.73 Å². The van der Waals surface area contributed by atoms with Gasteiger partial charge >= 0.3 is 0 Å². The van der Waals surface area contributed by atoms with Crippen molar-refractivity contribution in [2.75, 3.05) is 16.8 Å². The van der Waals surface area contributed by atoms with E-state index in [1.165, 1.54) is 30.3 Å². The molecule has 1 aromatic carbocycles. The van der Waals surface area contributed by atoms with E-state index in [0.717, 1.165) is 0 Å². The molecular formula is C12H14N2O4S. The maximum Gasteiger partial charge on any atom is 0.248 e. The summed E-state index contributed by atoms with van der Waals surface area (Å²) in [5, 5.41) is 2.42. The monoisotopic (exact) mass is 282 g/mol. The van der Waals surface area contributed by atoms with Crippen LogP contribution in [0.2, 0.25) is 0 Å². The predicted molar refractivity (Wildman–Crippen MR) is 72.4 cm³/mol. The lowest BCUT2D eigenvalue weighted by molar-refractivity contribution is -0.113. The van der Waals surface area contributed by atoms with Crippen LogP contribution in [0.25, 0.3) is 0 Å². The Morgan fingerprint density at radius 1 is 1.26 bits per heavy atom. The molecule has 0 spiro atoms. The summed E-state index contributed by atoms with van der Waals surface area (Å²) in [4.78, 5) is 22.3. The van der Waals surface area contributed by atoms with Gasteiger partial charge in [-0.05, 0) is 24.3 Å². The lowest BCUT2D eigenvalue weighted by Crippen LogP contribution is -2.24. The number of anilines is 1. The van der Waals surface area contributed by atoms with E-state index >= 15 is 0 Å². The van der Waals surface area contributed by atoms with E-state index in [1.54, 1.807) is 0 Å². The molecule has 0 atom stereocenters. The first-order valence-corrected chi connectivity index (χ1v) is 7.17. The third kappa shape index (κ3) is 4.92. The molecule has 0 fully saturated rings. The van der Waals surface area contributed by atoms with E-state index in [1.807, 2.05) is 0 Å². The van der Waals surface area contributed by atoms with Gasteiger partial charge in [-0.1, -0.05) is 6.08 Å². The number of carbonyl (C=O) groups is 2. The highest BCUT2D eigenvalue weighted by atomic mass is 32.2. The molecule has 0 bridgehead atoms. The second kappa shape index (κ2) is 6.14. The fourth-order valence-corrected chi connectivity index (χ4v) is 2.30. The van der Waals surface area contributed by atoms with Crippen molar-refractivity contribution in [2.45, 2.75) is 0 Å². The second-order valence-corrected chi connectivity index (χ2v) is 5.94. The van der Waals surface area contributed by atoms with Crippen LogP contribution in [0.5, 0.6) is 0 Å². The van der Waals surface area contributed by atoms with E-state index in [-0.39, 0.29) is 5.75 Å². The highest BCUT2D eigenvalue weighted by Crippen LogP contribution is 2.09. The predicted octanol–water partition coefficient (Wildman–Crippen LogP) is 0.325. The Morgan fingerprint density at radius 3 is 2.32 bits per heavy atom. The highest BCUT2D eigenvalue weighted by Gasteiger charge is 2.15. The Morgan fingerprint density at radius 2 is 1.84 bits per heavy atom. The number of nitrogens with one attached hydrogen (secondary N) is 1. The summed E-state index contributed by atoms with van der Waals surface area (Å²) in [5.41, 5.74) is 5.76. The third-order valence-corrected chi connectivity index (χ3v) is 3.62. The van der Waals surface area contributed by atoms with Gasteiger partial charge in [0.1, 0.15) is 5.75 Å². The van der Waals surface area contributed by atoms with Gasteiger partial charge in [0, 0.05) is 11.3 Å². The molecule has 3 N–H and O–H groups in total. The maximum absolute atomic E-state index is 11.5. The topological polar surface area (TPSA) is 106 Å². The zero-order valence-corrected chi connectivity index (χ0v) is 10.9. The molecule has 0 aromatic heterocycles. The number of sulfone groups is 1.